The van der Waals surface area contributed by atoms with Gasteiger partial charge in [0.25, 0.3) is 0 Å². The van der Waals surface area contributed by atoms with Crippen LogP contribution in [0.15, 0.2) is 60.7 Å². The molecule has 3 aromatic rings. The number of nitrogens with one attached hydrogen (secondary N) is 2. The predicted octanol–water partition coefficient (Wildman–Crippen LogP) is 5.36. The van der Waals surface area contributed by atoms with Crippen molar-refractivity contribution in [2.24, 2.45) is 5.92 Å². The number of unbranched alkanes of at least 4 members (excludes halogenated alkanes) is 2. The summed E-state index contributed by atoms with van der Waals surface area (Å²) in [5, 5.41) is 15.4. The van der Waals surface area contributed by atoms with Crippen molar-refractivity contribution in [2.75, 3.05) is 33.9 Å². The molecule has 4 atom stereocenters. The van der Waals surface area contributed by atoms with Crippen LogP contribution in [0, 0.1) is 5.92 Å². The molecule has 0 bridgehead atoms. The number of aliphatic hydroxyl groups excluding tert-OH is 1. The molecule has 3 N–H and O–H groups in total. The lowest BCUT2D eigenvalue weighted by molar-refractivity contribution is -0.276. The Morgan fingerprint density at radius 3 is 2.22 bits per heavy atom. The number of hydrogen-bond acceptors (Lipinski definition) is 8. The Kier molecular flexibility index (Phi) is 13.1. The van der Waals surface area contributed by atoms with Gasteiger partial charge in [0.15, 0.2) is 17.8 Å². The number of carbonyl (C=O) groups is 2. The summed E-state index contributed by atoms with van der Waals surface area (Å²) in [6, 6.07) is 20.2. The fraction of sp³-hybridized carbons (Fsp3) is 0.487. The predicted molar refractivity (Wildman–Crippen MR) is 187 cm³/mol. The Hall–Kier alpha value is -3.96. The monoisotopic (exact) mass is 673 g/mol. The first-order valence-corrected chi connectivity index (χ1v) is 17.3. The number of nitrogens with zero attached hydrogens (tertiary/aromatic N) is 1. The largest absolute Gasteiger partial charge is 0.493 e. The molecule has 10 heteroatoms. The summed E-state index contributed by atoms with van der Waals surface area (Å²) in [4.78, 5) is 25.8. The number of aliphatic hydroxyl groups is 1. The van der Waals surface area contributed by atoms with Crippen LogP contribution in [0.1, 0.15) is 85.3 Å². The zero-order chi connectivity index (χ0) is 34.8. The Morgan fingerprint density at radius 1 is 0.878 bits per heavy atom. The van der Waals surface area contributed by atoms with Crippen LogP contribution in [-0.2, 0) is 45.2 Å². The number of fused-ring (bicyclic) bond motifs is 1. The maximum absolute atomic E-state index is 12.4. The van der Waals surface area contributed by atoms with Crippen LogP contribution in [0.25, 0.3) is 0 Å². The average molecular weight is 674 g/mol. The quantitative estimate of drug-likeness (QED) is 0.185. The Labute approximate surface area is 290 Å². The van der Waals surface area contributed by atoms with Crippen LogP contribution in [0.2, 0.25) is 0 Å². The molecule has 3 aromatic carbocycles. The molecule has 2 amide bonds. The van der Waals surface area contributed by atoms with Gasteiger partial charge in [-0.3, -0.25) is 14.5 Å². The third kappa shape index (κ3) is 9.82. The van der Waals surface area contributed by atoms with Gasteiger partial charge in [-0.1, -0.05) is 61.9 Å². The minimum absolute atomic E-state index is 0.00441. The molecule has 1 fully saturated rings. The van der Waals surface area contributed by atoms with E-state index in [1.807, 2.05) is 48.5 Å². The van der Waals surface area contributed by atoms with Gasteiger partial charge in [0.05, 0.1) is 33.0 Å². The van der Waals surface area contributed by atoms with E-state index >= 15 is 0 Å². The zero-order valence-electron chi connectivity index (χ0n) is 29.2. The van der Waals surface area contributed by atoms with Gasteiger partial charge < -0.3 is 34.7 Å². The van der Waals surface area contributed by atoms with Crippen LogP contribution in [0.3, 0.4) is 0 Å². The molecule has 10 nitrogen and oxygen atoms in total. The highest BCUT2D eigenvalue weighted by Gasteiger charge is 2.39. The first kappa shape index (κ1) is 36.3. The van der Waals surface area contributed by atoms with Crippen LogP contribution < -0.4 is 20.1 Å². The van der Waals surface area contributed by atoms with E-state index < -0.39 is 6.29 Å². The van der Waals surface area contributed by atoms with E-state index in [0.717, 1.165) is 79.1 Å². The van der Waals surface area contributed by atoms with Gasteiger partial charge in [-0.2, -0.15) is 0 Å². The summed E-state index contributed by atoms with van der Waals surface area (Å²) in [7, 11) is 3.34. The van der Waals surface area contributed by atoms with Gasteiger partial charge in [-0.25, -0.2) is 0 Å². The Bertz CT molecular complexity index is 1530. The van der Waals surface area contributed by atoms with Crippen molar-refractivity contribution in [3.63, 3.8) is 0 Å². The van der Waals surface area contributed by atoms with Crippen molar-refractivity contribution in [3.8, 4) is 11.5 Å². The van der Waals surface area contributed by atoms with E-state index in [1.54, 1.807) is 14.2 Å². The lowest BCUT2D eigenvalue weighted by Crippen LogP contribution is -2.45. The molecule has 5 rings (SSSR count). The van der Waals surface area contributed by atoms with Crippen molar-refractivity contribution >= 4 is 11.8 Å². The molecule has 2 aliphatic rings. The molecular weight excluding hydrogens is 622 g/mol. The van der Waals surface area contributed by atoms with Crippen molar-refractivity contribution in [1.29, 1.82) is 0 Å². The van der Waals surface area contributed by atoms with Crippen molar-refractivity contribution in [1.82, 2.24) is 15.5 Å². The molecule has 2 heterocycles. The fourth-order valence-electron chi connectivity index (χ4n) is 6.61. The first-order chi connectivity index (χ1) is 23.8. The molecule has 2 aliphatic heterocycles. The number of benzene rings is 3. The van der Waals surface area contributed by atoms with Crippen LogP contribution in [0.5, 0.6) is 11.5 Å². The number of carbonyl (C=O) groups excluding carboxylic acids is 2. The molecule has 0 aliphatic carbocycles. The first-order valence-electron chi connectivity index (χ1n) is 17.3. The lowest BCUT2D eigenvalue weighted by atomic mass is 9.89. The SMILES string of the molecule is COc1cc2c(cc1OC)CN(CC1OC(c3ccc(CNC(=O)CCCCCNC(C)=O)cc3)OC(c3ccc(CO)cc3)C1C)CC2. The molecule has 4 unspecified atom stereocenters. The fourth-order valence-corrected chi connectivity index (χ4v) is 6.61. The molecule has 0 radical (unpaired) electrons. The molecular formula is C39H51N3O7. The highest BCUT2D eigenvalue weighted by molar-refractivity contribution is 5.75. The van der Waals surface area contributed by atoms with E-state index in [1.165, 1.54) is 18.1 Å². The second kappa shape index (κ2) is 17.6. The summed E-state index contributed by atoms with van der Waals surface area (Å²) in [5.41, 5.74) is 6.35. The van der Waals surface area contributed by atoms with E-state index in [4.69, 9.17) is 18.9 Å². The molecule has 0 saturated carbocycles. The zero-order valence-corrected chi connectivity index (χ0v) is 29.2. The van der Waals surface area contributed by atoms with Gasteiger partial charge in [0.1, 0.15) is 0 Å². The molecule has 264 valence electrons. The van der Waals surface area contributed by atoms with Crippen molar-refractivity contribution < 1.29 is 33.6 Å². The number of methoxy groups -OCH3 is 2. The van der Waals surface area contributed by atoms with Crippen molar-refractivity contribution in [3.05, 3.63) is 94.0 Å². The lowest BCUT2D eigenvalue weighted by Gasteiger charge is -2.43. The van der Waals surface area contributed by atoms with Gasteiger partial charge in [0.2, 0.25) is 11.8 Å². The maximum atomic E-state index is 12.4. The topological polar surface area (TPSA) is 119 Å². The van der Waals surface area contributed by atoms with E-state index in [9.17, 15) is 14.7 Å². The summed E-state index contributed by atoms with van der Waals surface area (Å²) < 4.78 is 24.5. The Balaban J connectivity index is 1.23. The molecule has 49 heavy (non-hydrogen) atoms. The second-order valence-electron chi connectivity index (χ2n) is 13.1. The minimum atomic E-state index is -0.564. The highest BCUT2D eigenvalue weighted by atomic mass is 16.7. The van der Waals surface area contributed by atoms with Crippen LogP contribution in [0.4, 0.5) is 0 Å². The third-order valence-electron chi connectivity index (χ3n) is 9.55. The van der Waals surface area contributed by atoms with E-state index in [-0.39, 0.29) is 36.5 Å². The van der Waals surface area contributed by atoms with Crippen molar-refractivity contribution in [2.45, 2.75) is 84.1 Å². The number of amides is 2. The third-order valence-corrected chi connectivity index (χ3v) is 9.55. The summed E-state index contributed by atoms with van der Waals surface area (Å²) in [5.74, 6) is 1.56. The summed E-state index contributed by atoms with van der Waals surface area (Å²) >= 11 is 0. The number of rotatable bonds is 15. The van der Waals surface area contributed by atoms with Gasteiger partial charge in [-0.15, -0.1) is 0 Å². The molecule has 0 spiro atoms. The second-order valence-corrected chi connectivity index (χ2v) is 13.1. The standard InChI is InChI=1S/C39H51N3O7/c1-26-36(24-42-19-17-32-20-34(46-3)35(47-4)21-33(32)23-42)48-39(49-38(26)30-13-11-29(25-43)12-14-30)31-15-9-28(10-16-31)22-41-37(45)8-6-5-7-18-40-27(2)44/h9-16,20-21,26,36,38-39,43H,5-8,17-19,22-25H2,1-4H3,(H,40,44)(H,41,45). The molecule has 1 saturated heterocycles. The maximum Gasteiger partial charge on any atom is 0.220 e. The molecule has 0 aromatic heterocycles. The normalized spacial score (nSPS) is 20.7. The van der Waals surface area contributed by atoms with Gasteiger partial charge in [0, 0.05) is 57.5 Å². The summed E-state index contributed by atoms with van der Waals surface area (Å²) in [6.07, 6.45) is 3.07. The smallest absolute Gasteiger partial charge is 0.220 e. The van der Waals surface area contributed by atoms with E-state index in [2.05, 4.69) is 34.6 Å². The summed E-state index contributed by atoms with van der Waals surface area (Å²) in [6.45, 7) is 7.24. The number of ether oxygens (including phenoxy) is 4. The Morgan fingerprint density at radius 2 is 1.55 bits per heavy atom. The average Bonchev–Trinajstić information content (AvgIpc) is 3.12. The minimum Gasteiger partial charge on any atom is -0.493 e. The highest BCUT2D eigenvalue weighted by Crippen LogP contribution is 2.42. The van der Waals surface area contributed by atoms with Crippen LogP contribution in [-0.4, -0.2) is 61.8 Å². The van der Waals surface area contributed by atoms with E-state index in [0.29, 0.717) is 19.5 Å². The van der Waals surface area contributed by atoms with Crippen LogP contribution >= 0.6 is 0 Å². The van der Waals surface area contributed by atoms with Gasteiger partial charge in [-0.05, 0) is 59.2 Å². The van der Waals surface area contributed by atoms with Gasteiger partial charge >= 0.3 is 0 Å². The number of hydrogen-bond donors (Lipinski definition) is 3.